The topological polar surface area (TPSA) is 105 Å². The average molecular weight is 457 g/mol. The van der Waals surface area contributed by atoms with Crippen LogP contribution in [0.3, 0.4) is 0 Å². The van der Waals surface area contributed by atoms with Crippen molar-refractivity contribution >= 4 is 17.9 Å². The van der Waals surface area contributed by atoms with Crippen LogP contribution >= 0.6 is 0 Å². The highest BCUT2D eigenvalue weighted by Crippen LogP contribution is 2.15. The molecule has 0 aliphatic carbocycles. The molecule has 0 bridgehead atoms. The summed E-state index contributed by atoms with van der Waals surface area (Å²) < 4.78 is 18.6. The van der Waals surface area contributed by atoms with Crippen LogP contribution in [-0.4, -0.2) is 27.3 Å². The molecule has 2 heterocycles. The SMILES string of the molecule is CCOc1cccnc1C=c1[nH]c(=O)c(=Cc2cccc(C(=O)c3ccc(F)cc3)c2)[nH]c1=O. The fourth-order valence-corrected chi connectivity index (χ4v) is 3.33. The van der Waals surface area contributed by atoms with Gasteiger partial charge in [0.25, 0.3) is 11.1 Å². The van der Waals surface area contributed by atoms with Gasteiger partial charge in [0, 0.05) is 17.3 Å². The molecule has 4 aromatic rings. The summed E-state index contributed by atoms with van der Waals surface area (Å²) in [6.45, 7) is 2.26. The molecule has 170 valence electrons. The molecule has 0 aliphatic rings. The van der Waals surface area contributed by atoms with E-state index in [1.54, 1.807) is 42.6 Å². The van der Waals surface area contributed by atoms with E-state index in [1.165, 1.54) is 36.4 Å². The van der Waals surface area contributed by atoms with E-state index in [0.717, 1.165) is 0 Å². The van der Waals surface area contributed by atoms with Crippen molar-refractivity contribution in [1.29, 1.82) is 0 Å². The summed E-state index contributed by atoms with van der Waals surface area (Å²) in [5.74, 6) is -0.230. The lowest BCUT2D eigenvalue weighted by Crippen LogP contribution is -2.46. The number of carbonyl (C=O) groups excluding carboxylic acids is 1. The van der Waals surface area contributed by atoms with Gasteiger partial charge in [-0.1, -0.05) is 18.2 Å². The van der Waals surface area contributed by atoms with Crippen LogP contribution in [0.25, 0.3) is 12.2 Å². The number of hydrogen-bond acceptors (Lipinski definition) is 5. The van der Waals surface area contributed by atoms with Crippen molar-refractivity contribution in [2.24, 2.45) is 0 Å². The first-order valence-electron chi connectivity index (χ1n) is 10.5. The van der Waals surface area contributed by atoms with E-state index in [2.05, 4.69) is 15.0 Å². The number of hydrogen-bond donors (Lipinski definition) is 2. The zero-order chi connectivity index (χ0) is 24.1. The smallest absolute Gasteiger partial charge is 0.272 e. The summed E-state index contributed by atoms with van der Waals surface area (Å²) in [7, 11) is 0. The maximum Gasteiger partial charge on any atom is 0.272 e. The predicted octanol–water partition coefficient (Wildman–Crippen LogP) is 1.88. The second-order valence-corrected chi connectivity index (χ2v) is 7.31. The first kappa shape index (κ1) is 22.6. The number of aromatic amines is 2. The quantitative estimate of drug-likeness (QED) is 0.430. The van der Waals surface area contributed by atoms with Gasteiger partial charge in [-0.3, -0.25) is 19.4 Å². The van der Waals surface area contributed by atoms with Crippen molar-refractivity contribution in [2.75, 3.05) is 6.61 Å². The van der Waals surface area contributed by atoms with Crippen LogP contribution in [0.2, 0.25) is 0 Å². The normalized spacial score (nSPS) is 12.1. The standard InChI is InChI=1S/C26H20FN3O4/c1-2-34-23-7-4-12-28-20(23)15-22-26(33)29-21(25(32)30-22)14-16-5-3-6-18(13-16)24(31)17-8-10-19(27)11-9-17/h3-15H,2H2,1H3,(H,29,33)(H,30,32). The first-order chi connectivity index (χ1) is 16.4. The summed E-state index contributed by atoms with van der Waals surface area (Å²) in [5.41, 5.74) is 0.615. The zero-order valence-electron chi connectivity index (χ0n) is 18.2. The molecule has 2 aromatic heterocycles. The lowest BCUT2D eigenvalue weighted by molar-refractivity contribution is 0.103. The Morgan fingerprint density at radius 3 is 2.35 bits per heavy atom. The van der Waals surface area contributed by atoms with Gasteiger partial charge in [-0.15, -0.1) is 0 Å². The Bertz CT molecular complexity index is 1590. The number of pyridine rings is 1. The Morgan fingerprint density at radius 2 is 1.65 bits per heavy atom. The number of nitrogens with one attached hydrogen (secondary N) is 2. The number of halogens is 1. The third kappa shape index (κ3) is 5.07. The molecule has 0 saturated carbocycles. The molecule has 0 spiro atoms. The molecule has 0 unspecified atom stereocenters. The Hall–Kier alpha value is -4.59. The summed E-state index contributed by atoms with van der Waals surface area (Å²) in [5, 5.41) is 0.0571. The highest BCUT2D eigenvalue weighted by atomic mass is 19.1. The van der Waals surface area contributed by atoms with Gasteiger partial charge in [0.1, 0.15) is 28.0 Å². The van der Waals surface area contributed by atoms with Gasteiger partial charge in [0.15, 0.2) is 5.78 Å². The second kappa shape index (κ2) is 9.91. The maximum absolute atomic E-state index is 13.1. The molecule has 34 heavy (non-hydrogen) atoms. The number of ether oxygens (including phenoxy) is 1. The second-order valence-electron chi connectivity index (χ2n) is 7.31. The van der Waals surface area contributed by atoms with Gasteiger partial charge in [-0.05, 0) is 67.1 Å². The Morgan fingerprint density at radius 1 is 0.941 bits per heavy atom. The summed E-state index contributed by atoms with van der Waals surface area (Å²) >= 11 is 0. The number of H-pyrrole nitrogens is 2. The maximum atomic E-state index is 13.1. The Labute approximate surface area is 192 Å². The predicted molar refractivity (Wildman–Crippen MR) is 126 cm³/mol. The van der Waals surface area contributed by atoms with E-state index >= 15 is 0 Å². The van der Waals surface area contributed by atoms with E-state index in [1.807, 2.05) is 6.92 Å². The molecule has 0 saturated heterocycles. The van der Waals surface area contributed by atoms with Crippen LogP contribution in [0, 0.1) is 5.82 Å². The van der Waals surface area contributed by atoms with Crippen molar-refractivity contribution in [3.63, 3.8) is 0 Å². The van der Waals surface area contributed by atoms with Crippen LogP contribution in [0.5, 0.6) is 5.75 Å². The molecule has 0 radical (unpaired) electrons. The van der Waals surface area contributed by atoms with E-state index in [-0.39, 0.29) is 16.5 Å². The van der Waals surface area contributed by atoms with Crippen LogP contribution < -0.4 is 26.6 Å². The minimum atomic E-state index is -0.519. The van der Waals surface area contributed by atoms with Crippen molar-refractivity contribution in [3.8, 4) is 5.75 Å². The number of rotatable bonds is 6. The highest BCUT2D eigenvalue weighted by Gasteiger charge is 2.09. The van der Waals surface area contributed by atoms with Gasteiger partial charge in [0.05, 0.1) is 6.61 Å². The number of benzene rings is 2. The first-order valence-corrected chi connectivity index (χ1v) is 10.5. The van der Waals surface area contributed by atoms with Crippen molar-refractivity contribution in [3.05, 3.63) is 126 Å². The van der Waals surface area contributed by atoms with Crippen LogP contribution in [0.4, 0.5) is 4.39 Å². The van der Waals surface area contributed by atoms with Gasteiger partial charge >= 0.3 is 0 Å². The molecule has 0 fully saturated rings. The largest absolute Gasteiger partial charge is 0.492 e. The molecule has 7 nitrogen and oxygen atoms in total. The zero-order valence-corrected chi connectivity index (χ0v) is 18.2. The van der Waals surface area contributed by atoms with E-state index in [0.29, 0.717) is 34.7 Å². The minimum Gasteiger partial charge on any atom is -0.492 e. The molecule has 0 amide bonds. The molecular formula is C26H20FN3O4. The van der Waals surface area contributed by atoms with Crippen LogP contribution in [0.15, 0.2) is 76.4 Å². The summed E-state index contributed by atoms with van der Waals surface area (Å²) in [6, 6.07) is 15.2. The Balaban J connectivity index is 1.71. The van der Waals surface area contributed by atoms with Gasteiger partial charge in [0.2, 0.25) is 0 Å². The van der Waals surface area contributed by atoms with E-state index in [9.17, 15) is 18.8 Å². The number of aromatic nitrogens is 3. The van der Waals surface area contributed by atoms with Gasteiger partial charge < -0.3 is 14.7 Å². The van der Waals surface area contributed by atoms with Crippen molar-refractivity contribution < 1.29 is 13.9 Å². The van der Waals surface area contributed by atoms with Crippen molar-refractivity contribution in [1.82, 2.24) is 15.0 Å². The highest BCUT2D eigenvalue weighted by molar-refractivity contribution is 6.09. The molecule has 2 aromatic carbocycles. The summed E-state index contributed by atoms with van der Waals surface area (Å²) in [6.07, 6.45) is 4.47. The number of carbonyl (C=O) groups is 1. The lowest BCUT2D eigenvalue weighted by Gasteiger charge is -2.04. The van der Waals surface area contributed by atoms with Gasteiger partial charge in [-0.2, -0.15) is 0 Å². The number of nitrogens with zero attached hydrogens (tertiary/aromatic N) is 1. The molecular weight excluding hydrogens is 437 g/mol. The minimum absolute atomic E-state index is 0.0274. The van der Waals surface area contributed by atoms with E-state index < -0.39 is 16.9 Å². The van der Waals surface area contributed by atoms with Crippen LogP contribution in [0.1, 0.15) is 34.1 Å². The lowest BCUT2D eigenvalue weighted by atomic mass is 10.0. The summed E-state index contributed by atoms with van der Waals surface area (Å²) in [4.78, 5) is 47.3. The van der Waals surface area contributed by atoms with Crippen LogP contribution in [-0.2, 0) is 0 Å². The van der Waals surface area contributed by atoms with E-state index in [4.69, 9.17) is 4.74 Å². The third-order valence-corrected chi connectivity index (χ3v) is 4.93. The number of ketones is 1. The third-order valence-electron chi connectivity index (χ3n) is 4.93. The Kier molecular flexibility index (Phi) is 6.59. The molecule has 0 aliphatic heterocycles. The molecule has 4 rings (SSSR count). The molecule has 8 heteroatoms. The fraction of sp³-hybridized carbons (Fsp3) is 0.0769. The molecule has 2 N–H and O–H groups in total. The molecule has 0 atom stereocenters. The van der Waals surface area contributed by atoms with Gasteiger partial charge in [-0.25, -0.2) is 4.39 Å². The van der Waals surface area contributed by atoms with Crippen molar-refractivity contribution in [2.45, 2.75) is 6.92 Å². The monoisotopic (exact) mass is 457 g/mol. The average Bonchev–Trinajstić information content (AvgIpc) is 2.84. The fourth-order valence-electron chi connectivity index (χ4n) is 3.33.